The highest BCUT2D eigenvalue weighted by atomic mass is 79.9. The molecule has 0 amide bonds. The van der Waals surface area contributed by atoms with Crippen LogP contribution in [0.3, 0.4) is 0 Å². The summed E-state index contributed by atoms with van der Waals surface area (Å²) < 4.78 is 25.7. The Morgan fingerprint density at radius 1 is 1.47 bits per heavy atom. The molecule has 0 radical (unpaired) electrons. The van der Waals surface area contributed by atoms with Crippen LogP contribution >= 0.6 is 15.9 Å². The lowest BCUT2D eigenvalue weighted by molar-refractivity contribution is -0.139. The number of aliphatic hydroxyl groups is 1. The molecule has 6 heteroatoms. The molecular weight excluding hydrogens is 274 g/mol. The number of rotatable bonds is 3. The summed E-state index contributed by atoms with van der Waals surface area (Å²) in [6.07, 6.45) is -2.12. The van der Waals surface area contributed by atoms with Crippen LogP contribution in [0.2, 0.25) is 0 Å². The molecule has 0 aliphatic rings. The SMILES string of the molecule is O=C(O)C[C@@H](O)c1ccc(F)c(Br)c1F. The smallest absolute Gasteiger partial charge is 0.306 e. The van der Waals surface area contributed by atoms with Crippen LogP contribution in [0, 0.1) is 11.6 Å². The van der Waals surface area contributed by atoms with Crippen molar-refractivity contribution in [1.82, 2.24) is 0 Å². The van der Waals surface area contributed by atoms with Crippen LogP contribution in [0.25, 0.3) is 0 Å². The zero-order chi connectivity index (χ0) is 11.6. The second-order valence-electron chi connectivity index (χ2n) is 2.88. The van der Waals surface area contributed by atoms with Gasteiger partial charge in [-0.15, -0.1) is 0 Å². The Kier molecular flexibility index (Phi) is 3.76. The van der Waals surface area contributed by atoms with Crippen molar-refractivity contribution in [3.8, 4) is 0 Å². The monoisotopic (exact) mass is 280 g/mol. The van der Waals surface area contributed by atoms with E-state index in [1.54, 1.807) is 0 Å². The van der Waals surface area contributed by atoms with Gasteiger partial charge in [0, 0.05) is 5.56 Å². The first-order valence-electron chi connectivity index (χ1n) is 3.96. The van der Waals surface area contributed by atoms with E-state index in [4.69, 9.17) is 5.11 Å². The van der Waals surface area contributed by atoms with Crippen molar-refractivity contribution in [3.05, 3.63) is 33.8 Å². The molecule has 0 aliphatic heterocycles. The number of hydrogen-bond acceptors (Lipinski definition) is 2. The van der Waals surface area contributed by atoms with Gasteiger partial charge in [0.25, 0.3) is 0 Å². The average Bonchev–Trinajstić information content (AvgIpc) is 2.13. The fourth-order valence-corrected chi connectivity index (χ4v) is 1.43. The van der Waals surface area contributed by atoms with E-state index in [0.29, 0.717) is 0 Å². The molecule has 0 saturated carbocycles. The normalized spacial score (nSPS) is 12.5. The average molecular weight is 281 g/mol. The van der Waals surface area contributed by atoms with E-state index in [1.807, 2.05) is 0 Å². The van der Waals surface area contributed by atoms with E-state index < -0.39 is 34.6 Å². The molecule has 2 N–H and O–H groups in total. The van der Waals surface area contributed by atoms with Gasteiger partial charge in [-0.25, -0.2) is 8.78 Å². The standard InChI is InChI=1S/C9H7BrF2O3/c10-8-5(11)2-1-4(9(8)12)6(13)3-7(14)15/h1-2,6,13H,3H2,(H,14,15)/t6-/m1/s1. The molecule has 82 valence electrons. The van der Waals surface area contributed by atoms with Gasteiger partial charge in [-0.1, -0.05) is 6.07 Å². The minimum absolute atomic E-state index is 0.245. The van der Waals surface area contributed by atoms with Crippen LogP contribution < -0.4 is 0 Å². The van der Waals surface area contributed by atoms with Crippen molar-refractivity contribution < 1.29 is 23.8 Å². The summed E-state index contributed by atoms with van der Waals surface area (Å²) in [5.41, 5.74) is -0.245. The molecule has 1 aromatic rings. The number of benzene rings is 1. The second-order valence-corrected chi connectivity index (χ2v) is 3.67. The number of carboxylic acid groups (broad SMARTS) is 1. The fraction of sp³-hybridized carbons (Fsp3) is 0.222. The summed E-state index contributed by atoms with van der Waals surface area (Å²) in [7, 11) is 0. The molecule has 0 unspecified atom stereocenters. The molecule has 0 aromatic heterocycles. The number of aliphatic hydroxyl groups excluding tert-OH is 1. The van der Waals surface area contributed by atoms with Crippen molar-refractivity contribution in [2.24, 2.45) is 0 Å². The topological polar surface area (TPSA) is 57.5 Å². The molecule has 1 aromatic carbocycles. The minimum Gasteiger partial charge on any atom is -0.481 e. The Hall–Kier alpha value is -1.01. The van der Waals surface area contributed by atoms with Crippen LogP contribution in [-0.2, 0) is 4.79 Å². The number of carbonyl (C=O) groups is 1. The maximum Gasteiger partial charge on any atom is 0.306 e. The van der Waals surface area contributed by atoms with E-state index in [-0.39, 0.29) is 5.56 Å². The first-order chi connectivity index (χ1) is 6.93. The van der Waals surface area contributed by atoms with E-state index in [9.17, 15) is 18.7 Å². The number of hydrogen-bond donors (Lipinski definition) is 2. The van der Waals surface area contributed by atoms with Gasteiger partial charge in [-0.2, -0.15) is 0 Å². The summed E-state index contributed by atoms with van der Waals surface area (Å²) >= 11 is 2.66. The van der Waals surface area contributed by atoms with Gasteiger partial charge in [-0.3, -0.25) is 4.79 Å². The van der Waals surface area contributed by atoms with E-state index >= 15 is 0 Å². The minimum atomic E-state index is -1.49. The Bertz CT molecular complexity index is 395. The molecule has 0 saturated heterocycles. The molecule has 0 bridgehead atoms. The number of halogens is 3. The summed E-state index contributed by atoms with van der Waals surface area (Å²) in [6.45, 7) is 0. The Morgan fingerprint density at radius 2 is 2.07 bits per heavy atom. The Balaban J connectivity index is 3.05. The Labute approximate surface area is 92.5 Å². The molecule has 15 heavy (non-hydrogen) atoms. The van der Waals surface area contributed by atoms with Crippen molar-refractivity contribution in [3.63, 3.8) is 0 Å². The molecular formula is C9H7BrF2O3. The highest BCUT2D eigenvalue weighted by Crippen LogP contribution is 2.27. The predicted octanol–water partition coefficient (Wildman–Crippen LogP) is 2.24. The summed E-state index contributed by atoms with van der Waals surface area (Å²) in [5.74, 6) is -3.05. The second kappa shape index (κ2) is 4.67. The van der Waals surface area contributed by atoms with Crippen LogP contribution in [0.4, 0.5) is 8.78 Å². The predicted molar refractivity (Wildman–Crippen MR) is 51.3 cm³/mol. The van der Waals surface area contributed by atoms with E-state index in [0.717, 1.165) is 12.1 Å². The molecule has 3 nitrogen and oxygen atoms in total. The lowest BCUT2D eigenvalue weighted by Gasteiger charge is -2.10. The highest BCUT2D eigenvalue weighted by Gasteiger charge is 2.19. The van der Waals surface area contributed by atoms with Crippen LogP contribution in [0.15, 0.2) is 16.6 Å². The van der Waals surface area contributed by atoms with Gasteiger partial charge >= 0.3 is 5.97 Å². The van der Waals surface area contributed by atoms with E-state index in [1.165, 1.54) is 0 Å². The van der Waals surface area contributed by atoms with Gasteiger partial charge in [0.1, 0.15) is 11.6 Å². The maximum atomic E-state index is 13.3. The first-order valence-corrected chi connectivity index (χ1v) is 4.76. The third-order valence-corrected chi connectivity index (χ3v) is 2.52. The van der Waals surface area contributed by atoms with Crippen molar-refractivity contribution >= 4 is 21.9 Å². The summed E-state index contributed by atoms with van der Waals surface area (Å²) in [6, 6.07) is 1.97. The zero-order valence-electron chi connectivity index (χ0n) is 7.38. The van der Waals surface area contributed by atoms with Crippen molar-refractivity contribution in [2.45, 2.75) is 12.5 Å². The van der Waals surface area contributed by atoms with Gasteiger partial charge < -0.3 is 10.2 Å². The number of aliphatic carboxylic acids is 1. The van der Waals surface area contributed by atoms with Gasteiger partial charge in [-0.05, 0) is 22.0 Å². The third kappa shape index (κ3) is 2.73. The van der Waals surface area contributed by atoms with Gasteiger partial charge in [0.15, 0.2) is 0 Å². The molecule has 1 rings (SSSR count). The van der Waals surface area contributed by atoms with E-state index in [2.05, 4.69) is 15.9 Å². The lowest BCUT2D eigenvalue weighted by Crippen LogP contribution is -2.08. The largest absolute Gasteiger partial charge is 0.481 e. The van der Waals surface area contributed by atoms with Crippen molar-refractivity contribution in [1.29, 1.82) is 0 Å². The van der Waals surface area contributed by atoms with Crippen molar-refractivity contribution in [2.75, 3.05) is 0 Å². The third-order valence-electron chi connectivity index (χ3n) is 1.79. The highest BCUT2D eigenvalue weighted by molar-refractivity contribution is 9.10. The molecule has 1 atom stereocenters. The van der Waals surface area contributed by atoms with Gasteiger partial charge in [0.2, 0.25) is 0 Å². The fourth-order valence-electron chi connectivity index (χ4n) is 1.07. The maximum absolute atomic E-state index is 13.3. The Morgan fingerprint density at radius 3 is 2.60 bits per heavy atom. The zero-order valence-corrected chi connectivity index (χ0v) is 8.96. The number of carboxylic acids is 1. The molecule has 0 spiro atoms. The molecule has 0 fully saturated rings. The quantitative estimate of drug-likeness (QED) is 0.835. The lowest BCUT2D eigenvalue weighted by atomic mass is 10.1. The summed E-state index contributed by atoms with van der Waals surface area (Å²) in [4.78, 5) is 10.3. The van der Waals surface area contributed by atoms with Crippen LogP contribution in [0.1, 0.15) is 18.1 Å². The van der Waals surface area contributed by atoms with Gasteiger partial charge in [0.05, 0.1) is 17.0 Å². The first kappa shape index (κ1) is 12.1. The molecule has 0 heterocycles. The molecule has 0 aliphatic carbocycles. The van der Waals surface area contributed by atoms with Crippen LogP contribution in [-0.4, -0.2) is 16.2 Å². The van der Waals surface area contributed by atoms with Crippen LogP contribution in [0.5, 0.6) is 0 Å². The summed E-state index contributed by atoms with van der Waals surface area (Å²) in [5, 5.41) is 17.7.